The molecule has 0 aliphatic carbocycles. The molecule has 0 bridgehead atoms. The number of hydrogen-bond acceptors (Lipinski definition) is 3. The molecule has 0 unspecified atom stereocenters. The SMILES string of the molecule is Cc1nc2ccccc2n1CC(=O)N1CCCSCC1. The fourth-order valence-corrected chi connectivity index (χ4v) is 3.51. The second kappa shape index (κ2) is 5.87. The van der Waals surface area contributed by atoms with E-state index in [9.17, 15) is 4.79 Å². The van der Waals surface area contributed by atoms with E-state index in [2.05, 4.69) is 4.98 Å². The minimum absolute atomic E-state index is 0.207. The average molecular weight is 289 g/mol. The van der Waals surface area contributed by atoms with Gasteiger partial charge in [0.2, 0.25) is 5.91 Å². The number of para-hydroxylation sites is 2. The maximum absolute atomic E-state index is 12.5. The quantitative estimate of drug-likeness (QED) is 0.851. The molecule has 4 nitrogen and oxygen atoms in total. The van der Waals surface area contributed by atoms with E-state index in [0.29, 0.717) is 6.54 Å². The fraction of sp³-hybridized carbons (Fsp3) is 0.467. The summed E-state index contributed by atoms with van der Waals surface area (Å²) in [5.74, 6) is 3.33. The zero-order chi connectivity index (χ0) is 13.9. The van der Waals surface area contributed by atoms with Crippen LogP contribution in [-0.4, -0.2) is 45.0 Å². The lowest BCUT2D eigenvalue weighted by Gasteiger charge is -2.20. The molecule has 1 saturated heterocycles. The summed E-state index contributed by atoms with van der Waals surface area (Å²) in [6.45, 7) is 4.12. The third-order valence-corrected chi connectivity index (χ3v) is 4.76. The van der Waals surface area contributed by atoms with E-state index in [0.717, 1.165) is 47.9 Å². The van der Waals surface area contributed by atoms with Crippen LogP contribution >= 0.6 is 11.8 Å². The number of carbonyl (C=O) groups excluding carboxylic acids is 1. The van der Waals surface area contributed by atoms with Crippen LogP contribution in [0.2, 0.25) is 0 Å². The zero-order valence-electron chi connectivity index (χ0n) is 11.7. The Morgan fingerprint density at radius 3 is 3.05 bits per heavy atom. The van der Waals surface area contributed by atoms with Gasteiger partial charge in [-0.1, -0.05) is 12.1 Å². The molecule has 2 aromatic rings. The predicted octanol–water partition coefficient (Wildman–Crippen LogP) is 2.31. The first-order valence-electron chi connectivity index (χ1n) is 7.03. The van der Waals surface area contributed by atoms with Crippen LogP contribution in [0.3, 0.4) is 0 Å². The Morgan fingerprint density at radius 2 is 2.15 bits per heavy atom. The summed E-state index contributed by atoms with van der Waals surface area (Å²) in [6.07, 6.45) is 1.10. The maximum atomic E-state index is 12.5. The van der Waals surface area contributed by atoms with Gasteiger partial charge in [-0.05, 0) is 31.2 Å². The van der Waals surface area contributed by atoms with Crippen molar-refractivity contribution in [3.63, 3.8) is 0 Å². The fourth-order valence-electron chi connectivity index (χ4n) is 2.63. The molecule has 2 heterocycles. The van der Waals surface area contributed by atoms with Crippen LogP contribution in [0.4, 0.5) is 0 Å². The van der Waals surface area contributed by atoms with Gasteiger partial charge in [0, 0.05) is 18.8 Å². The number of rotatable bonds is 2. The molecule has 106 valence electrons. The van der Waals surface area contributed by atoms with E-state index in [-0.39, 0.29) is 5.91 Å². The van der Waals surface area contributed by atoms with E-state index in [1.54, 1.807) is 0 Å². The van der Waals surface area contributed by atoms with E-state index >= 15 is 0 Å². The van der Waals surface area contributed by atoms with Crippen molar-refractivity contribution >= 4 is 28.7 Å². The minimum Gasteiger partial charge on any atom is -0.340 e. The average Bonchev–Trinajstić information content (AvgIpc) is 2.66. The number of nitrogens with zero attached hydrogens (tertiary/aromatic N) is 3. The zero-order valence-corrected chi connectivity index (χ0v) is 12.5. The number of aromatic nitrogens is 2. The molecule has 1 aromatic heterocycles. The maximum Gasteiger partial charge on any atom is 0.242 e. The Kier molecular flexibility index (Phi) is 3.96. The van der Waals surface area contributed by atoms with Gasteiger partial charge >= 0.3 is 0 Å². The largest absolute Gasteiger partial charge is 0.340 e. The van der Waals surface area contributed by atoms with Gasteiger partial charge in [0.15, 0.2) is 0 Å². The van der Waals surface area contributed by atoms with Gasteiger partial charge in [-0.25, -0.2) is 4.98 Å². The Labute approximate surface area is 123 Å². The first-order chi connectivity index (χ1) is 9.75. The van der Waals surface area contributed by atoms with E-state index in [1.165, 1.54) is 0 Å². The summed E-state index contributed by atoms with van der Waals surface area (Å²) in [4.78, 5) is 19.0. The highest BCUT2D eigenvalue weighted by Crippen LogP contribution is 2.16. The molecule has 3 rings (SSSR count). The van der Waals surface area contributed by atoms with Gasteiger partial charge < -0.3 is 9.47 Å². The van der Waals surface area contributed by atoms with Crippen molar-refractivity contribution in [3.05, 3.63) is 30.1 Å². The predicted molar refractivity (Wildman–Crippen MR) is 83.0 cm³/mol. The van der Waals surface area contributed by atoms with Crippen LogP contribution in [0.1, 0.15) is 12.2 Å². The van der Waals surface area contributed by atoms with Crippen molar-refractivity contribution in [3.8, 4) is 0 Å². The molecule has 1 aliphatic heterocycles. The molecule has 0 radical (unpaired) electrons. The summed E-state index contributed by atoms with van der Waals surface area (Å²) in [5.41, 5.74) is 2.01. The molecule has 1 aliphatic rings. The third kappa shape index (κ3) is 2.68. The highest BCUT2D eigenvalue weighted by Gasteiger charge is 2.18. The molecule has 0 spiro atoms. The lowest BCUT2D eigenvalue weighted by Crippen LogP contribution is -2.35. The summed E-state index contributed by atoms with van der Waals surface area (Å²) in [7, 11) is 0. The van der Waals surface area contributed by atoms with Crippen LogP contribution in [0.15, 0.2) is 24.3 Å². The smallest absolute Gasteiger partial charge is 0.242 e. The van der Waals surface area contributed by atoms with Crippen molar-refractivity contribution in [2.75, 3.05) is 24.6 Å². The monoisotopic (exact) mass is 289 g/mol. The number of imidazole rings is 1. The van der Waals surface area contributed by atoms with Crippen LogP contribution in [0.25, 0.3) is 11.0 Å². The molecule has 1 fully saturated rings. The van der Waals surface area contributed by atoms with Crippen LogP contribution in [0.5, 0.6) is 0 Å². The molecule has 0 atom stereocenters. The van der Waals surface area contributed by atoms with E-state index in [4.69, 9.17) is 0 Å². The molecule has 0 saturated carbocycles. The van der Waals surface area contributed by atoms with Crippen LogP contribution in [-0.2, 0) is 11.3 Å². The standard InChI is InChI=1S/C15H19N3OS/c1-12-16-13-5-2-3-6-14(13)18(12)11-15(19)17-7-4-9-20-10-8-17/h2-3,5-6H,4,7-11H2,1H3. The highest BCUT2D eigenvalue weighted by molar-refractivity contribution is 7.99. The lowest BCUT2D eigenvalue weighted by atomic mass is 10.3. The van der Waals surface area contributed by atoms with Crippen molar-refractivity contribution in [1.82, 2.24) is 14.5 Å². The summed E-state index contributed by atoms with van der Waals surface area (Å²) in [6, 6.07) is 7.99. The Hall–Kier alpha value is -1.49. The highest BCUT2D eigenvalue weighted by atomic mass is 32.2. The number of hydrogen-bond donors (Lipinski definition) is 0. The van der Waals surface area contributed by atoms with Crippen molar-refractivity contribution in [2.24, 2.45) is 0 Å². The van der Waals surface area contributed by atoms with Crippen LogP contribution in [0, 0.1) is 6.92 Å². The lowest BCUT2D eigenvalue weighted by molar-refractivity contribution is -0.131. The number of carbonyl (C=O) groups is 1. The van der Waals surface area contributed by atoms with Gasteiger partial charge in [-0.15, -0.1) is 0 Å². The topological polar surface area (TPSA) is 38.1 Å². The van der Waals surface area contributed by atoms with Gasteiger partial charge in [-0.3, -0.25) is 4.79 Å². The Bertz CT molecular complexity index is 615. The van der Waals surface area contributed by atoms with E-state index < -0.39 is 0 Å². The molecule has 5 heteroatoms. The molecule has 20 heavy (non-hydrogen) atoms. The molecule has 1 amide bonds. The van der Waals surface area contributed by atoms with Crippen molar-refractivity contribution < 1.29 is 4.79 Å². The van der Waals surface area contributed by atoms with Crippen molar-refractivity contribution in [1.29, 1.82) is 0 Å². The third-order valence-electron chi connectivity index (χ3n) is 3.71. The normalized spacial score (nSPS) is 16.4. The molecular weight excluding hydrogens is 270 g/mol. The number of amides is 1. The van der Waals surface area contributed by atoms with Crippen LogP contribution < -0.4 is 0 Å². The van der Waals surface area contributed by atoms with Gasteiger partial charge in [0.25, 0.3) is 0 Å². The second-order valence-corrected chi connectivity index (χ2v) is 6.31. The first kappa shape index (κ1) is 13.5. The second-order valence-electron chi connectivity index (χ2n) is 5.08. The summed E-state index contributed by atoms with van der Waals surface area (Å²) in [5, 5.41) is 0. The summed E-state index contributed by atoms with van der Waals surface area (Å²) < 4.78 is 2.02. The van der Waals surface area contributed by atoms with Gasteiger partial charge in [0.05, 0.1) is 11.0 Å². The number of thioether (sulfide) groups is 1. The van der Waals surface area contributed by atoms with Crippen molar-refractivity contribution in [2.45, 2.75) is 19.9 Å². The number of aryl methyl sites for hydroxylation is 1. The first-order valence-corrected chi connectivity index (χ1v) is 8.18. The summed E-state index contributed by atoms with van der Waals surface area (Å²) >= 11 is 1.94. The Balaban J connectivity index is 1.81. The molecule has 1 aromatic carbocycles. The van der Waals surface area contributed by atoms with Gasteiger partial charge in [-0.2, -0.15) is 11.8 Å². The molecular formula is C15H19N3OS. The Morgan fingerprint density at radius 1 is 1.30 bits per heavy atom. The van der Waals surface area contributed by atoms with Gasteiger partial charge in [0.1, 0.15) is 12.4 Å². The van der Waals surface area contributed by atoms with E-state index in [1.807, 2.05) is 52.4 Å². The minimum atomic E-state index is 0.207. The number of benzene rings is 1. The molecule has 0 N–H and O–H groups in total. The number of fused-ring (bicyclic) bond motifs is 1.